The number of amides is 1. The first-order valence-electron chi connectivity index (χ1n) is 5.48. The van der Waals surface area contributed by atoms with Gasteiger partial charge in [0.2, 0.25) is 0 Å². The molecular weight excluding hydrogens is 261 g/mol. The third-order valence-corrected chi connectivity index (χ3v) is 2.56. The van der Waals surface area contributed by atoms with Crippen LogP contribution < -0.4 is 11.1 Å². The molecule has 0 aliphatic heterocycles. The van der Waals surface area contributed by atoms with Crippen molar-refractivity contribution >= 4 is 22.8 Å². The zero-order valence-electron chi connectivity index (χ0n) is 9.95. The lowest BCUT2D eigenvalue weighted by atomic mass is 10.1. The van der Waals surface area contributed by atoms with Crippen molar-refractivity contribution in [2.24, 2.45) is 0 Å². The number of alkyl halides is 3. The fourth-order valence-corrected chi connectivity index (χ4v) is 1.70. The molecule has 1 amide bonds. The van der Waals surface area contributed by atoms with Crippen LogP contribution in [0.4, 0.5) is 23.8 Å². The molecule has 0 radical (unpaired) electrons. The number of fused-ring (bicyclic) bond motifs is 1. The lowest BCUT2D eigenvalue weighted by Crippen LogP contribution is -2.28. The van der Waals surface area contributed by atoms with Gasteiger partial charge in [0, 0.05) is 11.9 Å². The number of nitrogens with one attached hydrogen (secondary N) is 1. The molecule has 0 saturated heterocycles. The van der Waals surface area contributed by atoms with Crippen LogP contribution in [-0.2, 0) is 6.18 Å². The Bertz CT molecular complexity index is 633. The number of carbonyl (C=O) groups is 1. The number of rotatable bonds is 1. The van der Waals surface area contributed by atoms with Crippen molar-refractivity contribution in [3.63, 3.8) is 0 Å². The predicted octanol–water partition coefficient (Wildman–Crippen LogP) is 2.21. The van der Waals surface area contributed by atoms with Gasteiger partial charge in [-0.25, -0.2) is 4.79 Å². The van der Waals surface area contributed by atoms with Crippen LogP contribution in [0.3, 0.4) is 0 Å². The van der Waals surface area contributed by atoms with Gasteiger partial charge in [-0.05, 0) is 25.1 Å². The maximum atomic E-state index is 12.6. The summed E-state index contributed by atoms with van der Waals surface area (Å²) in [4.78, 5) is 11.7. The molecule has 0 atom stereocenters. The van der Waals surface area contributed by atoms with E-state index in [1.807, 2.05) is 0 Å². The molecule has 2 rings (SSSR count). The molecule has 1 heterocycles. The van der Waals surface area contributed by atoms with Crippen molar-refractivity contribution < 1.29 is 18.0 Å². The minimum atomic E-state index is -4.46. The second kappa shape index (κ2) is 4.45. The first-order chi connectivity index (χ1) is 8.84. The molecule has 2 aromatic rings. The highest BCUT2D eigenvalue weighted by Gasteiger charge is 2.31. The number of nitrogens with zero attached hydrogens (tertiary/aromatic N) is 2. The van der Waals surface area contributed by atoms with E-state index in [1.54, 1.807) is 6.92 Å². The molecule has 1 aromatic carbocycles. The van der Waals surface area contributed by atoms with Crippen LogP contribution in [0.25, 0.3) is 10.9 Å². The van der Waals surface area contributed by atoms with Crippen LogP contribution >= 0.6 is 0 Å². The number of halogens is 3. The van der Waals surface area contributed by atoms with E-state index in [0.29, 0.717) is 6.54 Å². The molecule has 0 aliphatic rings. The van der Waals surface area contributed by atoms with Gasteiger partial charge in [0.25, 0.3) is 0 Å². The summed E-state index contributed by atoms with van der Waals surface area (Å²) in [7, 11) is 0. The van der Waals surface area contributed by atoms with Gasteiger partial charge < -0.3 is 11.1 Å². The molecule has 3 N–H and O–H groups in total. The topological polar surface area (TPSA) is 72.9 Å². The van der Waals surface area contributed by atoms with Crippen molar-refractivity contribution in [1.29, 1.82) is 0 Å². The number of nitrogens with two attached hydrogens (primary N) is 1. The summed E-state index contributed by atoms with van der Waals surface area (Å²) < 4.78 is 38.7. The number of hydrogen-bond acceptors (Lipinski definition) is 3. The number of carbonyl (C=O) groups excluding carboxylic acids is 1. The molecule has 102 valence electrons. The highest BCUT2D eigenvalue weighted by atomic mass is 19.4. The lowest BCUT2D eigenvalue weighted by Gasteiger charge is -2.06. The Balaban J connectivity index is 2.58. The second-order valence-electron chi connectivity index (χ2n) is 3.86. The molecular formula is C11H11F3N4O. The standard InChI is InChI=1S/C11H11F3N4O/c1-2-16-10(19)18-8-4-3-6(11(12,13)14)5-7(8)9(15)17-18/h3-5H,2H2,1H3,(H2,15,17)(H,16,19). The van der Waals surface area contributed by atoms with Crippen LogP contribution in [0.15, 0.2) is 18.2 Å². The summed E-state index contributed by atoms with van der Waals surface area (Å²) in [5.41, 5.74) is 4.95. The van der Waals surface area contributed by atoms with E-state index in [0.717, 1.165) is 16.8 Å². The Morgan fingerprint density at radius 3 is 2.74 bits per heavy atom. The van der Waals surface area contributed by atoms with Gasteiger partial charge in [0.15, 0.2) is 5.82 Å². The van der Waals surface area contributed by atoms with Gasteiger partial charge in [-0.2, -0.15) is 17.9 Å². The third kappa shape index (κ3) is 2.33. The van der Waals surface area contributed by atoms with Gasteiger partial charge in [0.1, 0.15) is 0 Å². The van der Waals surface area contributed by atoms with E-state index in [4.69, 9.17) is 5.73 Å². The first-order valence-corrected chi connectivity index (χ1v) is 5.48. The number of benzene rings is 1. The molecule has 5 nitrogen and oxygen atoms in total. The molecule has 8 heteroatoms. The van der Waals surface area contributed by atoms with Gasteiger partial charge >= 0.3 is 12.2 Å². The number of hydrogen-bond donors (Lipinski definition) is 2. The van der Waals surface area contributed by atoms with Gasteiger partial charge in [-0.3, -0.25) is 0 Å². The molecule has 0 fully saturated rings. The van der Waals surface area contributed by atoms with Gasteiger partial charge in [-0.15, -0.1) is 5.10 Å². The smallest absolute Gasteiger partial charge is 0.382 e. The van der Waals surface area contributed by atoms with Crippen LogP contribution in [0.1, 0.15) is 12.5 Å². The maximum absolute atomic E-state index is 12.6. The van der Waals surface area contributed by atoms with Crippen molar-refractivity contribution in [3.8, 4) is 0 Å². The highest BCUT2D eigenvalue weighted by Crippen LogP contribution is 2.32. The Kier molecular flexibility index (Phi) is 3.09. The fraction of sp³-hybridized carbons (Fsp3) is 0.273. The fourth-order valence-electron chi connectivity index (χ4n) is 1.70. The van der Waals surface area contributed by atoms with E-state index in [1.165, 1.54) is 6.07 Å². The van der Waals surface area contributed by atoms with Crippen LogP contribution in [-0.4, -0.2) is 22.4 Å². The zero-order valence-corrected chi connectivity index (χ0v) is 9.95. The van der Waals surface area contributed by atoms with E-state index < -0.39 is 17.8 Å². The van der Waals surface area contributed by atoms with E-state index in [2.05, 4.69) is 10.4 Å². The molecule has 0 spiro atoms. The highest BCUT2D eigenvalue weighted by molar-refractivity contribution is 5.96. The predicted molar refractivity (Wildman–Crippen MR) is 63.6 cm³/mol. The van der Waals surface area contributed by atoms with E-state index >= 15 is 0 Å². The number of nitrogen functional groups attached to an aromatic ring is 1. The SMILES string of the molecule is CCNC(=O)n1nc(N)c2cc(C(F)(F)F)ccc21. The monoisotopic (exact) mass is 272 g/mol. The average Bonchev–Trinajstić information content (AvgIpc) is 2.66. The quantitative estimate of drug-likeness (QED) is 0.836. The minimum absolute atomic E-state index is 0.0982. The summed E-state index contributed by atoms with van der Waals surface area (Å²) in [6, 6.07) is 2.41. The summed E-state index contributed by atoms with van der Waals surface area (Å²) in [6.07, 6.45) is -4.46. The Labute approximate surface area is 106 Å². The van der Waals surface area contributed by atoms with E-state index in [9.17, 15) is 18.0 Å². The van der Waals surface area contributed by atoms with Crippen molar-refractivity contribution in [1.82, 2.24) is 15.1 Å². The van der Waals surface area contributed by atoms with Crippen LogP contribution in [0.5, 0.6) is 0 Å². The normalized spacial score (nSPS) is 11.8. The van der Waals surface area contributed by atoms with Crippen LogP contribution in [0, 0.1) is 0 Å². The summed E-state index contributed by atoms with van der Waals surface area (Å²) in [5, 5.41) is 6.34. The third-order valence-electron chi connectivity index (χ3n) is 2.56. The maximum Gasteiger partial charge on any atom is 0.416 e. The Morgan fingerprint density at radius 1 is 1.47 bits per heavy atom. The number of aromatic nitrogens is 2. The van der Waals surface area contributed by atoms with Crippen molar-refractivity contribution in [3.05, 3.63) is 23.8 Å². The molecule has 0 unspecified atom stereocenters. The molecule has 0 bridgehead atoms. The average molecular weight is 272 g/mol. The van der Waals surface area contributed by atoms with Gasteiger partial charge in [0.05, 0.1) is 11.1 Å². The first kappa shape index (κ1) is 13.2. The summed E-state index contributed by atoms with van der Waals surface area (Å²) in [5.74, 6) is -0.118. The minimum Gasteiger partial charge on any atom is -0.382 e. The molecule has 1 aromatic heterocycles. The van der Waals surface area contributed by atoms with Gasteiger partial charge in [-0.1, -0.05) is 0 Å². The Morgan fingerprint density at radius 2 is 2.16 bits per heavy atom. The Hall–Kier alpha value is -2.25. The second-order valence-corrected chi connectivity index (χ2v) is 3.86. The lowest BCUT2D eigenvalue weighted by molar-refractivity contribution is -0.137. The van der Waals surface area contributed by atoms with Crippen molar-refractivity contribution in [2.75, 3.05) is 12.3 Å². The number of anilines is 1. The van der Waals surface area contributed by atoms with Crippen molar-refractivity contribution in [2.45, 2.75) is 13.1 Å². The van der Waals surface area contributed by atoms with E-state index in [-0.39, 0.29) is 16.7 Å². The molecule has 0 saturated carbocycles. The molecule has 0 aliphatic carbocycles. The zero-order chi connectivity index (χ0) is 14.2. The molecule has 19 heavy (non-hydrogen) atoms. The summed E-state index contributed by atoms with van der Waals surface area (Å²) >= 11 is 0. The van der Waals surface area contributed by atoms with Crippen LogP contribution in [0.2, 0.25) is 0 Å². The largest absolute Gasteiger partial charge is 0.416 e. The summed E-state index contributed by atoms with van der Waals surface area (Å²) in [6.45, 7) is 2.09.